The summed E-state index contributed by atoms with van der Waals surface area (Å²) in [4.78, 5) is 14.5. The molecule has 4 heteroatoms. The van der Waals surface area contributed by atoms with Gasteiger partial charge in [-0.3, -0.25) is 4.79 Å². The molecule has 0 amide bonds. The van der Waals surface area contributed by atoms with Gasteiger partial charge < -0.3 is 9.47 Å². The summed E-state index contributed by atoms with van der Waals surface area (Å²) < 4.78 is 10.9. The monoisotopic (exact) mass is 499 g/mol. The maximum absolute atomic E-state index is 11.9. The molecule has 0 N–H and O–H groups in total. The maximum Gasteiger partial charge on any atom is 0.310 e. The zero-order chi connectivity index (χ0) is 25.1. The van der Waals surface area contributed by atoms with Crippen molar-refractivity contribution in [1.82, 2.24) is 0 Å². The van der Waals surface area contributed by atoms with Crippen molar-refractivity contribution in [2.45, 2.75) is 107 Å². The minimum atomic E-state index is -0.194. The Morgan fingerprint density at radius 2 is 1.37 bits per heavy atom. The van der Waals surface area contributed by atoms with E-state index in [2.05, 4.69) is 49.4 Å². The fourth-order valence-electron chi connectivity index (χ4n) is 4.43. The topological polar surface area (TPSA) is 35.5 Å². The van der Waals surface area contributed by atoms with E-state index in [1.54, 1.807) is 7.11 Å². The van der Waals surface area contributed by atoms with Crippen LogP contribution in [0, 0.1) is 0 Å². The molecule has 0 aliphatic heterocycles. The Kier molecular flexibility index (Phi) is 15.4. The first-order valence-corrected chi connectivity index (χ1v) is 15.2. The summed E-state index contributed by atoms with van der Waals surface area (Å²) in [7, 11) is 1.68. The van der Waals surface area contributed by atoms with E-state index in [1.807, 2.05) is 13.0 Å². The second-order valence-electron chi connectivity index (χ2n) is 9.26. The van der Waals surface area contributed by atoms with Crippen LogP contribution in [0.4, 0.5) is 0 Å². The van der Waals surface area contributed by atoms with Gasteiger partial charge in [0.25, 0.3) is 0 Å². The van der Waals surface area contributed by atoms with Crippen molar-refractivity contribution in [2.75, 3.05) is 19.5 Å². The van der Waals surface area contributed by atoms with Crippen LogP contribution in [-0.2, 0) is 26.8 Å². The molecule has 0 heterocycles. The minimum Gasteiger partial charge on any atom is -0.492 e. The molecule has 0 fully saturated rings. The van der Waals surface area contributed by atoms with E-state index in [9.17, 15) is 4.79 Å². The van der Waals surface area contributed by atoms with Crippen LogP contribution in [0.1, 0.15) is 96.5 Å². The van der Waals surface area contributed by atoms with Crippen molar-refractivity contribution in [3.8, 4) is 5.75 Å². The second-order valence-corrected chi connectivity index (χ2v) is 11.4. The predicted molar refractivity (Wildman–Crippen MR) is 150 cm³/mol. The molecule has 2 rings (SSSR count). The van der Waals surface area contributed by atoms with Gasteiger partial charge in [-0.05, 0) is 49.6 Å². The first kappa shape index (κ1) is 29.3. The molecule has 35 heavy (non-hydrogen) atoms. The van der Waals surface area contributed by atoms with Gasteiger partial charge in [-0.2, -0.15) is 0 Å². The van der Waals surface area contributed by atoms with E-state index < -0.39 is 0 Å². The van der Waals surface area contributed by atoms with E-state index in [1.165, 1.54) is 86.8 Å². The van der Waals surface area contributed by atoms with E-state index in [4.69, 9.17) is 9.47 Å². The fourth-order valence-corrected chi connectivity index (χ4v) is 6.74. The average molecular weight is 500 g/mol. The summed E-state index contributed by atoms with van der Waals surface area (Å²) >= 11 is 0. The average Bonchev–Trinajstić information content (AvgIpc) is 2.88. The van der Waals surface area contributed by atoms with Crippen molar-refractivity contribution in [2.24, 2.45) is 0 Å². The number of hydrogen-bond acceptors (Lipinski definition) is 3. The summed E-state index contributed by atoms with van der Waals surface area (Å²) in [5, 5.41) is 0. The van der Waals surface area contributed by atoms with Crippen LogP contribution >= 0.6 is 0 Å². The van der Waals surface area contributed by atoms with Gasteiger partial charge in [-0.15, -0.1) is 0 Å². The van der Waals surface area contributed by atoms with Crippen molar-refractivity contribution in [1.29, 1.82) is 0 Å². The minimum absolute atomic E-state index is 0.0428. The molecular weight excluding hydrogens is 452 g/mol. The summed E-state index contributed by atoms with van der Waals surface area (Å²) in [5.41, 5.74) is 0.936. The quantitative estimate of drug-likeness (QED) is 0.110. The first-order chi connectivity index (χ1) is 17.2. The van der Waals surface area contributed by atoms with E-state index in [0.29, 0.717) is 6.61 Å². The van der Waals surface area contributed by atoms with Crippen molar-refractivity contribution in [3.05, 3.63) is 54.1 Å². The zero-order valence-electron chi connectivity index (χ0n) is 22.4. The lowest BCUT2D eigenvalue weighted by molar-refractivity contribution is -0.142. The maximum atomic E-state index is 11.9. The molecule has 0 aromatic heterocycles. The molecule has 0 spiro atoms. The number of unbranched alkanes of at least 4 members (excludes halogenated alkanes) is 11. The largest absolute Gasteiger partial charge is 0.492 e. The molecule has 3 nitrogen and oxygen atoms in total. The molecule has 2 aromatic rings. The van der Waals surface area contributed by atoms with E-state index in [0.717, 1.165) is 17.1 Å². The number of rotatable bonds is 19. The molecule has 1 unspecified atom stereocenters. The van der Waals surface area contributed by atoms with E-state index in [-0.39, 0.29) is 23.3 Å². The van der Waals surface area contributed by atoms with Crippen LogP contribution in [0.5, 0.6) is 5.75 Å². The molecule has 1 atom stereocenters. The third kappa shape index (κ3) is 11.6. The third-order valence-corrected chi connectivity index (χ3v) is 8.78. The Morgan fingerprint density at radius 1 is 0.771 bits per heavy atom. The highest BCUT2D eigenvalue weighted by Crippen LogP contribution is 2.33. The molecule has 0 radical (unpaired) electrons. The first-order valence-electron chi connectivity index (χ1n) is 13.8. The van der Waals surface area contributed by atoms with Crippen LogP contribution < -0.4 is 4.74 Å². The van der Waals surface area contributed by atoms with Crippen LogP contribution in [0.3, 0.4) is 0 Å². The molecule has 0 aliphatic carbocycles. The number of hydrogen-bond donors (Lipinski definition) is 0. The normalized spacial score (nSPS) is 11.9. The van der Waals surface area contributed by atoms with Crippen LogP contribution in [0.25, 0.3) is 0 Å². The molecule has 194 valence electrons. The highest BCUT2D eigenvalue weighted by molar-refractivity contribution is 7.97. The summed E-state index contributed by atoms with van der Waals surface area (Å²) in [6, 6.07) is 17.0. The van der Waals surface area contributed by atoms with Gasteiger partial charge in [0.2, 0.25) is 4.90 Å². The third-order valence-electron chi connectivity index (χ3n) is 6.38. The summed E-state index contributed by atoms with van der Waals surface area (Å²) in [5.74, 6) is 1.81. The summed E-state index contributed by atoms with van der Waals surface area (Å²) in [6.45, 7) is 4.52. The number of carbonyl (C=O) groups is 1. The number of ether oxygens (including phenoxy) is 2. The Morgan fingerprint density at radius 3 is 1.94 bits per heavy atom. The summed E-state index contributed by atoms with van der Waals surface area (Å²) in [6.07, 6.45) is 16.7. The molecule has 0 saturated carbocycles. The van der Waals surface area contributed by atoms with Gasteiger partial charge in [-0.25, -0.2) is 0 Å². The standard InChI is InChI=1S/C31H47O3S/c1-4-6-7-8-9-10-11-12-13-14-15-19-24-35(28-20-17-16-18-21-28)30-23-22-27(25-29(30)33-3)26-31(32)34-5-2/h16-18,20-23,25H,4-15,19,24,26H2,1-3H3/q+1. The van der Waals surface area contributed by atoms with Gasteiger partial charge in [0.15, 0.2) is 10.6 Å². The number of benzene rings is 2. The molecule has 2 aromatic carbocycles. The lowest BCUT2D eigenvalue weighted by Crippen LogP contribution is -2.12. The smallest absolute Gasteiger partial charge is 0.310 e. The number of methoxy groups -OCH3 is 1. The van der Waals surface area contributed by atoms with Crippen LogP contribution in [0.2, 0.25) is 0 Å². The van der Waals surface area contributed by atoms with Crippen molar-refractivity contribution < 1.29 is 14.3 Å². The Labute approximate surface area is 217 Å². The molecule has 0 aliphatic rings. The van der Waals surface area contributed by atoms with Crippen molar-refractivity contribution in [3.63, 3.8) is 0 Å². The van der Waals surface area contributed by atoms with Crippen molar-refractivity contribution >= 4 is 16.9 Å². The van der Waals surface area contributed by atoms with Gasteiger partial charge in [-0.1, -0.05) is 95.4 Å². The zero-order valence-corrected chi connectivity index (χ0v) is 23.2. The van der Waals surface area contributed by atoms with Gasteiger partial charge in [0.1, 0.15) is 5.75 Å². The highest BCUT2D eigenvalue weighted by Gasteiger charge is 2.29. The predicted octanol–water partition coefficient (Wildman–Crippen LogP) is 8.54. The Hall–Kier alpha value is -1.94. The number of carbonyl (C=O) groups excluding carboxylic acids is 1. The van der Waals surface area contributed by atoms with Gasteiger partial charge in [0.05, 0.1) is 31.0 Å². The molecular formula is C31H47O3S+. The lowest BCUT2D eigenvalue weighted by Gasteiger charge is -2.13. The van der Waals surface area contributed by atoms with Crippen LogP contribution in [-0.4, -0.2) is 25.4 Å². The highest BCUT2D eigenvalue weighted by atomic mass is 32.2. The Balaban J connectivity index is 1.87. The molecule has 0 bridgehead atoms. The van der Waals surface area contributed by atoms with Gasteiger partial charge in [0, 0.05) is 0 Å². The SMILES string of the molecule is CCCCCCCCCCCCCC[S+](c1ccccc1)c1ccc(CC(=O)OCC)cc1OC. The molecule has 0 saturated heterocycles. The number of esters is 1. The van der Waals surface area contributed by atoms with Crippen LogP contribution in [0.15, 0.2) is 58.3 Å². The Bertz CT molecular complexity index is 821. The van der Waals surface area contributed by atoms with E-state index >= 15 is 0 Å². The second kappa shape index (κ2) is 18.3. The lowest BCUT2D eigenvalue weighted by atomic mass is 10.1. The van der Waals surface area contributed by atoms with Gasteiger partial charge >= 0.3 is 5.97 Å². The fraction of sp³-hybridized carbons (Fsp3) is 0.581.